The first-order valence-electron chi connectivity index (χ1n) is 9.19. The third-order valence-electron chi connectivity index (χ3n) is 5.34. The summed E-state index contributed by atoms with van der Waals surface area (Å²) < 4.78 is 16.5. The van der Waals surface area contributed by atoms with Gasteiger partial charge in [-0.1, -0.05) is 0 Å². The zero-order chi connectivity index (χ0) is 19.0. The molecule has 7 heteroatoms. The minimum Gasteiger partial charge on any atom is -0.493 e. The van der Waals surface area contributed by atoms with E-state index in [9.17, 15) is 4.79 Å². The normalized spacial score (nSPS) is 21.8. The predicted molar refractivity (Wildman–Crippen MR) is 99.5 cm³/mol. The van der Waals surface area contributed by atoms with E-state index in [0.717, 1.165) is 29.3 Å². The van der Waals surface area contributed by atoms with Gasteiger partial charge in [0.2, 0.25) is 5.91 Å². The van der Waals surface area contributed by atoms with Crippen molar-refractivity contribution in [3.63, 3.8) is 0 Å². The van der Waals surface area contributed by atoms with E-state index in [2.05, 4.69) is 10.9 Å². The van der Waals surface area contributed by atoms with Crippen LogP contribution in [0.3, 0.4) is 0 Å². The van der Waals surface area contributed by atoms with Crippen molar-refractivity contribution in [2.75, 3.05) is 20.8 Å². The number of rotatable bonds is 4. The van der Waals surface area contributed by atoms with Gasteiger partial charge in [0.1, 0.15) is 17.6 Å². The fraction of sp³-hybridized carbons (Fsp3) is 0.450. The minimum absolute atomic E-state index is 0.00841. The summed E-state index contributed by atoms with van der Waals surface area (Å²) in [7, 11) is 3.26. The van der Waals surface area contributed by atoms with Crippen LogP contribution in [0, 0.1) is 6.92 Å². The molecule has 144 valence electrons. The standard InChI is InChI=1S/C20H25N3O4/c1-12-4-5-17(27-12)15-10-16(22-21-15)20(24)23-7-6-13-8-18(25-2)19(26-3)9-14(13)11-23/h4-5,8-9,15-16,21-22H,6-7,10-11H2,1-3H3. The first-order valence-corrected chi connectivity index (χ1v) is 9.19. The molecule has 1 amide bonds. The Kier molecular flexibility index (Phi) is 4.80. The molecule has 1 saturated heterocycles. The lowest BCUT2D eigenvalue weighted by atomic mass is 9.97. The lowest BCUT2D eigenvalue weighted by Crippen LogP contribution is -2.47. The van der Waals surface area contributed by atoms with Crippen LogP contribution in [0.5, 0.6) is 11.5 Å². The molecule has 2 aliphatic rings. The second-order valence-corrected chi connectivity index (χ2v) is 7.06. The summed E-state index contributed by atoms with van der Waals surface area (Å²) in [6.45, 7) is 3.20. The molecule has 7 nitrogen and oxygen atoms in total. The molecule has 27 heavy (non-hydrogen) atoms. The van der Waals surface area contributed by atoms with Crippen LogP contribution >= 0.6 is 0 Å². The number of hydrogen-bond acceptors (Lipinski definition) is 6. The van der Waals surface area contributed by atoms with E-state index in [1.54, 1.807) is 14.2 Å². The van der Waals surface area contributed by atoms with Crippen LogP contribution < -0.4 is 20.3 Å². The summed E-state index contributed by atoms with van der Waals surface area (Å²) in [5, 5.41) is 0. The van der Waals surface area contributed by atoms with E-state index < -0.39 is 0 Å². The number of carbonyl (C=O) groups is 1. The number of fused-ring (bicyclic) bond motifs is 1. The minimum atomic E-state index is -0.262. The Labute approximate surface area is 158 Å². The van der Waals surface area contributed by atoms with Gasteiger partial charge in [0.05, 0.1) is 20.3 Å². The first kappa shape index (κ1) is 17.9. The molecule has 1 aromatic carbocycles. The molecular weight excluding hydrogens is 346 g/mol. The molecule has 0 spiro atoms. The molecule has 2 unspecified atom stereocenters. The van der Waals surface area contributed by atoms with Crippen LogP contribution in [0.4, 0.5) is 0 Å². The molecule has 3 heterocycles. The van der Waals surface area contributed by atoms with Crippen molar-refractivity contribution in [2.24, 2.45) is 0 Å². The summed E-state index contributed by atoms with van der Waals surface area (Å²) in [5.41, 5.74) is 8.63. The van der Waals surface area contributed by atoms with Gasteiger partial charge in [0.15, 0.2) is 11.5 Å². The second-order valence-electron chi connectivity index (χ2n) is 7.06. The van der Waals surface area contributed by atoms with Gasteiger partial charge in [-0.2, -0.15) is 0 Å². The number of methoxy groups -OCH3 is 2. The Morgan fingerprint density at radius 1 is 1.15 bits per heavy atom. The van der Waals surface area contributed by atoms with Gasteiger partial charge in [0.25, 0.3) is 0 Å². The lowest BCUT2D eigenvalue weighted by molar-refractivity contribution is -0.134. The van der Waals surface area contributed by atoms with Crippen molar-refractivity contribution in [1.29, 1.82) is 0 Å². The maximum Gasteiger partial charge on any atom is 0.241 e. The average molecular weight is 371 g/mol. The van der Waals surface area contributed by atoms with Crippen LogP contribution in [-0.4, -0.2) is 37.6 Å². The summed E-state index contributed by atoms with van der Waals surface area (Å²) >= 11 is 0. The molecule has 2 aromatic rings. The number of hydrogen-bond donors (Lipinski definition) is 2. The zero-order valence-electron chi connectivity index (χ0n) is 15.9. The number of amides is 1. The highest BCUT2D eigenvalue weighted by Crippen LogP contribution is 2.34. The Balaban J connectivity index is 1.45. The molecular formula is C20H25N3O4. The number of furan rings is 1. The Morgan fingerprint density at radius 3 is 2.56 bits per heavy atom. The fourth-order valence-electron chi connectivity index (χ4n) is 3.84. The van der Waals surface area contributed by atoms with Gasteiger partial charge in [0, 0.05) is 13.1 Å². The van der Waals surface area contributed by atoms with E-state index in [1.807, 2.05) is 36.1 Å². The van der Waals surface area contributed by atoms with Gasteiger partial charge >= 0.3 is 0 Å². The number of nitrogens with zero attached hydrogens (tertiary/aromatic N) is 1. The Morgan fingerprint density at radius 2 is 1.89 bits per heavy atom. The quantitative estimate of drug-likeness (QED) is 0.857. The van der Waals surface area contributed by atoms with Crippen molar-refractivity contribution in [1.82, 2.24) is 15.8 Å². The topological polar surface area (TPSA) is 76.0 Å². The summed E-state index contributed by atoms with van der Waals surface area (Å²) in [6, 6.07) is 7.63. The number of carbonyl (C=O) groups excluding carboxylic acids is 1. The van der Waals surface area contributed by atoms with Gasteiger partial charge in [-0.15, -0.1) is 0 Å². The monoisotopic (exact) mass is 371 g/mol. The molecule has 0 bridgehead atoms. The first-order chi connectivity index (χ1) is 13.1. The number of benzene rings is 1. The molecule has 0 radical (unpaired) electrons. The van der Waals surface area contributed by atoms with Gasteiger partial charge in [-0.3, -0.25) is 4.79 Å². The highest BCUT2D eigenvalue weighted by molar-refractivity contribution is 5.82. The second kappa shape index (κ2) is 7.25. The zero-order valence-corrected chi connectivity index (χ0v) is 15.9. The van der Waals surface area contributed by atoms with Crippen molar-refractivity contribution in [3.8, 4) is 11.5 Å². The molecule has 1 fully saturated rings. The van der Waals surface area contributed by atoms with Crippen molar-refractivity contribution in [2.45, 2.75) is 38.4 Å². The molecule has 2 aliphatic heterocycles. The summed E-state index contributed by atoms with van der Waals surface area (Å²) in [5.74, 6) is 3.26. The number of aryl methyl sites for hydroxylation is 1. The third-order valence-corrected chi connectivity index (χ3v) is 5.34. The van der Waals surface area contributed by atoms with Crippen molar-refractivity contribution >= 4 is 5.91 Å². The predicted octanol–water partition coefficient (Wildman–Crippen LogP) is 2.10. The lowest BCUT2D eigenvalue weighted by Gasteiger charge is -2.31. The van der Waals surface area contributed by atoms with E-state index in [0.29, 0.717) is 25.3 Å². The Hall–Kier alpha value is -2.51. The van der Waals surface area contributed by atoms with Gasteiger partial charge in [-0.25, -0.2) is 10.9 Å². The molecule has 0 aliphatic carbocycles. The van der Waals surface area contributed by atoms with E-state index in [1.165, 1.54) is 5.56 Å². The summed E-state index contributed by atoms with van der Waals surface area (Å²) in [4.78, 5) is 14.9. The van der Waals surface area contributed by atoms with Crippen LogP contribution in [0.1, 0.15) is 35.1 Å². The average Bonchev–Trinajstić information content (AvgIpc) is 3.34. The van der Waals surface area contributed by atoms with Crippen molar-refractivity contribution in [3.05, 3.63) is 46.9 Å². The van der Waals surface area contributed by atoms with Crippen LogP contribution in [0.25, 0.3) is 0 Å². The molecule has 1 aromatic heterocycles. The summed E-state index contributed by atoms with van der Waals surface area (Å²) in [6.07, 6.45) is 1.48. The van der Waals surface area contributed by atoms with Crippen LogP contribution in [0.15, 0.2) is 28.7 Å². The highest BCUT2D eigenvalue weighted by Gasteiger charge is 2.35. The number of nitrogens with one attached hydrogen (secondary N) is 2. The molecule has 2 atom stereocenters. The number of hydrazine groups is 1. The van der Waals surface area contributed by atoms with E-state index >= 15 is 0 Å². The largest absolute Gasteiger partial charge is 0.493 e. The number of ether oxygens (including phenoxy) is 2. The van der Waals surface area contributed by atoms with E-state index in [-0.39, 0.29) is 18.0 Å². The third kappa shape index (κ3) is 3.40. The SMILES string of the molecule is COc1cc2c(cc1OC)CN(C(=O)C1CC(c3ccc(C)o3)NN1)CC2. The Bertz CT molecular complexity index is 848. The van der Waals surface area contributed by atoms with Crippen LogP contribution in [-0.2, 0) is 17.8 Å². The highest BCUT2D eigenvalue weighted by atomic mass is 16.5. The maximum atomic E-state index is 13.0. The fourth-order valence-corrected chi connectivity index (χ4v) is 3.84. The molecule has 2 N–H and O–H groups in total. The van der Waals surface area contributed by atoms with Crippen LogP contribution in [0.2, 0.25) is 0 Å². The van der Waals surface area contributed by atoms with Gasteiger partial charge < -0.3 is 18.8 Å². The smallest absolute Gasteiger partial charge is 0.241 e. The molecule has 4 rings (SSSR count). The maximum absolute atomic E-state index is 13.0. The van der Waals surface area contributed by atoms with E-state index in [4.69, 9.17) is 13.9 Å². The molecule has 0 saturated carbocycles. The van der Waals surface area contributed by atoms with Gasteiger partial charge in [-0.05, 0) is 55.2 Å². The van der Waals surface area contributed by atoms with Crippen molar-refractivity contribution < 1.29 is 18.7 Å².